The van der Waals surface area contributed by atoms with E-state index < -0.39 is 0 Å². The van der Waals surface area contributed by atoms with Crippen LogP contribution in [0.2, 0.25) is 0 Å². The fourth-order valence-corrected chi connectivity index (χ4v) is 3.06. The van der Waals surface area contributed by atoms with E-state index in [1.807, 2.05) is 10.9 Å². The molecule has 108 valence electrons. The molecule has 2 aromatic rings. The number of hydrogen-bond donors (Lipinski definition) is 1. The molecule has 1 aliphatic rings. The van der Waals surface area contributed by atoms with Crippen molar-refractivity contribution in [1.82, 2.24) is 24.9 Å². The van der Waals surface area contributed by atoms with E-state index in [4.69, 9.17) is 0 Å². The standard InChI is InChI=1S/C15H23N5/c1-3-20-11-14(12(2)18-20)10-19-8-4-5-13(9-19)15-6-7-16-17-15/h6-7,11,13H,3-5,8-10H2,1-2H3,(H,16,17). The van der Waals surface area contributed by atoms with Crippen LogP contribution in [0.4, 0.5) is 0 Å². The van der Waals surface area contributed by atoms with Gasteiger partial charge in [0.2, 0.25) is 0 Å². The molecule has 0 saturated carbocycles. The van der Waals surface area contributed by atoms with Crippen LogP contribution >= 0.6 is 0 Å². The van der Waals surface area contributed by atoms with Crippen LogP contribution in [0.15, 0.2) is 18.5 Å². The first-order valence-corrected chi connectivity index (χ1v) is 7.51. The highest BCUT2D eigenvalue weighted by molar-refractivity contribution is 5.16. The van der Waals surface area contributed by atoms with Crippen molar-refractivity contribution in [3.63, 3.8) is 0 Å². The van der Waals surface area contributed by atoms with E-state index in [9.17, 15) is 0 Å². The predicted octanol–water partition coefficient (Wildman–Crippen LogP) is 2.31. The third-order valence-corrected chi connectivity index (χ3v) is 4.23. The van der Waals surface area contributed by atoms with Crippen LogP contribution < -0.4 is 0 Å². The van der Waals surface area contributed by atoms with Gasteiger partial charge in [0.05, 0.1) is 5.69 Å². The lowest BCUT2D eigenvalue weighted by molar-refractivity contribution is 0.198. The third-order valence-electron chi connectivity index (χ3n) is 4.23. The second-order valence-electron chi connectivity index (χ2n) is 5.68. The second kappa shape index (κ2) is 5.79. The molecular formula is C15H23N5. The van der Waals surface area contributed by atoms with E-state index in [1.165, 1.54) is 30.6 Å². The first-order valence-electron chi connectivity index (χ1n) is 7.51. The van der Waals surface area contributed by atoms with E-state index >= 15 is 0 Å². The maximum Gasteiger partial charge on any atom is 0.0638 e. The van der Waals surface area contributed by atoms with Gasteiger partial charge in [-0.05, 0) is 39.3 Å². The summed E-state index contributed by atoms with van der Waals surface area (Å²) in [5, 5.41) is 11.7. The molecule has 0 bridgehead atoms. The monoisotopic (exact) mass is 273 g/mol. The molecule has 0 spiro atoms. The molecule has 1 atom stereocenters. The van der Waals surface area contributed by atoms with E-state index in [0.717, 1.165) is 25.3 Å². The smallest absolute Gasteiger partial charge is 0.0638 e. The number of hydrogen-bond acceptors (Lipinski definition) is 3. The Morgan fingerprint density at radius 1 is 1.45 bits per heavy atom. The summed E-state index contributed by atoms with van der Waals surface area (Å²) in [6.07, 6.45) is 6.55. The molecule has 1 N–H and O–H groups in total. The Hall–Kier alpha value is -1.62. The minimum Gasteiger partial charge on any atom is -0.298 e. The van der Waals surface area contributed by atoms with Gasteiger partial charge >= 0.3 is 0 Å². The van der Waals surface area contributed by atoms with Crippen LogP contribution in [0, 0.1) is 6.92 Å². The summed E-state index contributed by atoms with van der Waals surface area (Å²) in [5.74, 6) is 0.591. The van der Waals surface area contributed by atoms with Gasteiger partial charge in [-0.3, -0.25) is 14.7 Å². The first-order chi connectivity index (χ1) is 9.76. The summed E-state index contributed by atoms with van der Waals surface area (Å²) in [4.78, 5) is 2.54. The van der Waals surface area contributed by atoms with Gasteiger partial charge in [-0.15, -0.1) is 0 Å². The Balaban J connectivity index is 1.66. The molecular weight excluding hydrogens is 250 g/mol. The molecule has 1 aliphatic heterocycles. The molecule has 0 amide bonds. The van der Waals surface area contributed by atoms with E-state index in [-0.39, 0.29) is 0 Å². The van der Waals surface area contributed by atoms with Crippen LogP contribution in [0.3, 0.4) is 0 Å². The fourth-order valence-electron chi connectivity index (χ4n) is 3.06. The van der Waals surface area contributed by atoms with E-state index in [1.54, 1.807) is 0 Å². The van der Waals surface area contributed by atoms with Gasteiger partial charge < -0.3 is 0 Å². The molecule has 0 aromatic carbocycles. The van der Waals surface area contributed by atoms with Gasteiger partial charge in [0.25, 0.3) is 0 Å². The lowest BCUT2D eigenvalue weighted by Crippen LogP contribution is -2.34. The van der Waals surface area contributed by atoms with Crippen molar-refractivity contribution in [3.05, 3.63) is 35.4 Å². The molecule has 5 nitrogen and oxygen atoms in total. The molecule has 5 heteroatoms. The second-order valence-corrected chi connectivity index (χ2v) is 5.68. The van der Waals surface area contributed by atoms with Crippen molar-refractivity contribution in [3.8, 4) is 0 Å². The van der Waals surface area contributed by atoms with Crippen LogP contribution in [0.25, 0.3) is 0 Å². The normalized spacial score (nSPS) is 20.4. The highest BCUT2D eigenvalue weighted by Crippen LogP contribution is 2.26. The molecule has 1 unspecified atom stereocenters. The lowest BCUT2D eigenvalue weighted by atomic mass is 9.94. The molecule has 0 radical (unpaired) electrons. The summed E-state index contributed by atoms with van der Waals surface area (Å²) in [7, 11) is 0. The topological polar surface area (TPSA) is 49.7 Å². The maximum absolute atomic E-state index is 4.54. The zero-order valence-corrected chi connectivity index (χ0v) is 12.3. The van der Waals surface area contributed by atoms with Crippen LogP contribution in [-0.4, -0.2) is 38.0 Å². The zero-order valence-electron chi connectivity index (χ0n) is 12.3. The Labute approximate surface area is 120 Å². The first kappa shape index (κ1) is 13.4. The lowest BCUT2D eigenvalue weighted by Gasteiger charge is -2.32. The van der Waals surface area contributed by atoms with Gasteiger partial charge in [0.1, 0.15) is 0 Å². The van der Waals surface area contributed by atoms with Crippen molar-refractivity contribution in [2.75, 3.05) is 13.1 Å². The SMILES string of the molecule is CCn1cc(CN2CCCC(c3ccn[nH]3)C2)c(C)n1. The minimum absolute atomic E-state index is 0.591. The number of likely N-dealkylation sites (tertiary alicyclic amines) is 1. The number of H-pyrrole nitrogens is 1. The van der Waals surface area contributed by atoms with Gasteiger partial charge in [0.15, 0.2) is 0 Å². The number of nitrogens with zero attached hydrogens (tertiary/aromatic N) is 4. The van der Waals surface area contributed by atoms with E-state index in [0.29, 0.717) is 5.92 Å². The largest absolute Gasteiger partial charge is 0.298 e. The maximum atomic E-state index is 4.54. The number of piperidine rings is 1. The predicted molar refractivity (Wildman–Crippen MR) is 78.5 cm³/mol. The molecule has 2 aromatic heterocycles. The summed E-state index contributed by atoms with van der Waals surface area (Å²) in [6, 6.07) is 2.11. The van der Waals surface area contributed by atoms with Crippen molar-refractivity contribution in [1.29, 1.82) is 0 Å². The number of aryl methyl sites for hydroxylation is 2. The molecule has 0 aliphatic carbocycles. The summed E-state index contributed by atoms with van der Waals surface area (Å²) in [5.41, 5.74) is 3.79. The Kier molecular flexibility index (Phi) is 3.87. The number of nitrogens with one attached hydrogen (secondary N) is 1. The van der Waals surface area contributed by atoms with E-state index in [2.05, 4.69) is 46.3 Å². The summed E-state index contributed by atoms with van der Waals surface area (Å²) >= 11 is 0. The van der Waals surface area contributed by atoms with Crippen LogP contribution in [-0.2, 0) is 13.1 Å². The van der Waals surface area contributed by atoms with Crippen molar-refractivity contribution in [2.24, 2.45) is 0 Å². The quantitative estimate of drug-likeness (QED) is 0.930. The van der Waals surface area contributed by atoms with Gasteiger partial charge in [0, 0.05) is 49.2 Å². The van der Waals surface area contributed by atoms with Crippen molar-refractivity contribution in [2.45, 2.75) is 45.7 Å². The number of rotatable bonds is 4. The molecule has 20 heavy (non-hydrogen) atoms. The van der Waals surface area contributed by atoms with Crippen LogP contribution in [0.5, 0.6) is 0 Å². The fraction of sp³-hybridized carbons (Fsp3) is 0.600. The van der Waals surface area contributed by atoms with Crippen molar-refractivity contribution < 1.29 is 0 Å². The molecule has 3 rings (SSSR count). The Morgan fingerprint density at radius 2 is 2.35 bits per heavy atom. The average molecular weight is 273 g/mol. The number of aromatic amines is 1. The van der Waals surface area contributed by atoms with Gasteiger partial charge in [-0.25, -0.2) is 0 Å². The minimum atomic E-state index is 0.591. The Bertz CT molecular complexity index is 543. The zero-order chi connectivity index (χ0) is 13.9. The molecule has 1 saturated heterocycles. The Morgan fingerprint density at radius 3 is 3.05 bits per heavy atom. The van der Waals surface area contributed by atoms with Gasteiger partial charge in [-0.2, -0.15) is 10.2 Å². The average Bonchev–Trinajstić information content (AvgIpc) is 3.10. The number of aromatic nitrogens is 4. The summed E-state index contributed by atoms with van der Waals surface area (Å²) < 4.78 is 2.03. The molecule has 1 fully saturated rings. The highest BCUT2D eigenvalue weighted by Gasteiger charge is 2.23. The molecule has 3 heterocycles. The highest BCUT2D eigenvalue weighted by atomic mass is 15.3. The third kappa shape index (κ3) is 2.77. The van der Waals surface area contributed by atoms with Crippen LogP contribution in [0.1, 0.15) is 42.6 Å². The van der Waals surface area contributed by atoms with Crippen molar-refractivity contribution >= 4 is 0 Å². The van der Waals surface area contributed by atoms with Gasteiger partial charge in [-0.1, -0.05) is 0 Å². The summed E-state index contributed by atoms with van der Waals surface area (Å²) in [6.45, 7) is 8.48.